The molecule has 1 saturated carbocycles. The van der Waals surface area contributed by atoms with Gasteiger partial charge in [0, 0.05) is 66.5 Å². The normalized spacial score (nSPS) is 18.0. The van der Waals surface area contributed by atoms with Gasteiger partial charge in [-0.05, 0) is 36.6 Å². The number of aromatic amines is 1. The van der Waals surface area contributed by atoms with E-state index in [-0.39, 0.29) is 5.82 Å². The van der Waals surface area contributed by atoms with Crippen LogP contribution in [-0.4, -0.2) is 26.4 Å². The molecular weight excluding hydrogens is 303 g/mol. The summed E-state index contributed by atoms with van der Waals surface area (Å²) in [5.74, 6) is 1.46. The molecule has 0 atom stereocenters. The van der Waals surface area contributed by atoms with Crippen LogP contribution in [0.2, 0.25) is 0 Å². The zero-order valence-corrected chi connectivity index (χ0v) is 13.4. The molecule has 5 rings (SSSR count). The molecule has 1 aliphatic heterocycles. The Kier molecular flexibility index (Phi) is 3.16. The van der Waals surface area contributed by atoms with E-state index in [2.05, 4.69) is 14.9 Å². The number of fused-ring (bicyclic) bond motifs is 2. The predicted octanol–water partition coefficient (Wildman–Crippen LogP) is 3.53. The summed E-state index contributed by atoms with van der Waals surface area (Å²) in [6, 6.07) is 4.91. The van der Waals surface area contributed by atoms with E-state index in [4.69, 9.17) is 4.98 Å². The zero-order valence-electron chi connectivity index (χ0n) is 13.4. The van der Waals surface area contributed by atoms with Gasteiger partial charge in [0.2, 0.25) is 0 Å². The SMILES string of the molecule is Fc1ccc2[nH]cc(CN3CCc4nc(C5CC5)ncc4C3)c2c1. The van der Waals surface area contributed by atoms with E-state index in [1.165, 1.54) is 30.2 Å². The van der Waals surface area contributed by atoms with Crippen molar-refractivity contribution in [2.24, 2.45) is 0 Å². The Morgan fingerprint density at radius 1 is 1.29 bits per heavy atom. The minimum absolute atomic E-state index is 0.187. The van der Waals surface area contributed by atoms with E-state index in [0.717, 1.165) is 48.3 Å². The molecule has 24 heavy (non-hydrogen) atoms. The van der Waals surface area contributed by atoms with Crippen molar-refractivity contribution >= 4 is 10.9 Å². The van der Waals surface area contributed by atoms with Gasteiger partial charge in [-0.25, -0.2) is 14.4 Å². The zero-order chi connectivity index (χ0) is 16.1. The lowest BCUT2D eigenvalue weighted by atomic mass is 10.1. The lowest BCUT2D eigenvalue weighted by Crippen LogP contribution is -2.31. The molecule has 0 amide bonds. The minimum Gasteiger partial charge on any atom is -0.361 e. The quantitative estimate of drug-likeness (QED) is 0.802. The van der Waals surface area contributed by atoms with Crippen molar-refractivity contribution in [1.29, 1.82) is 0 Å². The molecule has 2 aliphatic rings. The van der Waals surface area contributed by atoms with Gasteiger partial charge < -0.3 is 4.98 Å². The van der Waals surface area contributed by atoms with E-state index in [1.54, 1.807) is 12.1 Å². The van der Waals surface area contributed by atoms with Crippen molar-refractivity contribution in [3.63, 3.8) is 0 Å². The molecule has 0 saturated heterocycles. The predicted molar refractivity (Wildman–Crippen MR) is 90.1 cm³/mol. The summed E-state index contributed by atoms with van der Waals surface area (Å²) in [6.45, 7) is 2.66. The van der Waals surface area contributed by atoms with Crippen LogP contribution in [0, 0.1) is 5.82 Å². The molecular formula is C19H19FN4. The first kappa shape index (κ1) is 14.1. The van der Waals surface area contributed by atoms with E-state index >= 15 is 0 Å². The van der Waals surface area contributed by atoms with Crippen LogP contribution in [0.15, 0.2) is 30.6 Å². The van der Waals surface area contributed by atoms with Crippen molar-refractivity contribution < 1.29 is 4.39 Å². The third-order valence-electron chi connectivity index (χ3n) is 5.10. The lowest BCUT2D eigenvalue weighted by molar-refractivity contribution is 0.243. The first-order valence-corrected chi connectivity index (χ1v) is 8.59. The van der Waals surface area contributed by atoms with Crippen molar-refractivity contribution in [3.05, 3.63) is 59.1 Å². The van der Waals surface area contributed by atoms with Crippen molar-refractivity contribution in [3.8, 4) is 0 Å². The maximum Gasteiger partial charge on any atom is 0.131 e. The van der Waals surface area contributed by atoms with E-state index in [9.17, 15) is 4.39 Å². The summed E-state index contributed by atoms with van der Waals surface area (Å²) < 4.78 is 13.5. The number of nitrogens with zero attached hydrogens (tertiary/aromatic N) is 3. The molecule has 3 aromatic rings. The number of benzene rings is 1. The molecule has 4 nitrogen and oxygen atoms in total. The smallest absolute Gasteiger partial charge is 0.131 e. The van der Waals surface area contributed by atoms with Gasteiger partial charge in [-0.3, -0.25) is 4.90 Å². The average Bonchev–Trinajstić information content (AvgIpc) is 3.38. The van der Waals surface area contributed by atoms with Crippen LogP contribution in [0.3, 0.4) is 0 Å². The van der Waals surface area contributed by atoms with Crippen molar-refractivity contribution in [2.45, 2.75) is 38.3 Å². The molecule has 3 heterocycles. The van der Waals surface area contributed by atoms with E-state index < -0.39 is 0 Å². The van der Waals surface area contributed by atoms with Crippen LogP contribution in [0.4, 0.5) is 4.39 Å². The molecule has 0 unspecified atom stereocenters. The summed E-state index contributed by atoms with van der Waals surface area (Å²) in [7, 11) is 0. The fraction of sp³-hybridized carbons (Fsp3) is 0.368. The third-order valence-corrected chi connectivity index (χ3v) is 5.10. The number of H-pyrrole nitrogens is 1. The van der Waals surface area contributed by atoms with Gasteiger partial charge in [0.05, 0.1) is 0 Å². The number of aromatic nitrogens is 3. The first-order valence-electron chi connectivity index (χ1n) is 8.59. The Labute approximate surface area is 139 Å². The summed E-state index contributed by atoms with van der Waals surface area (Å²) in [5.41, 5.74) is 4.58. The molecule has 1 aliphatic carbocycles. The molecule has 1 N–H and O–H groups in total. The fourth-order valence-corrected chi connectivity index (χ4v) is 3.59. The van der Waals surface area contributed by atoms with Gasteiger partial charge in [-0.15, -0.1) is 0 Å². The Hall–Kier alpha value is -2.27. The summed E-state index contributed by atoms with van der Waals surface area (Å²) >= 11 is 0. The molecule has 0 radical (unpaired) electrons. The highest BCUT2D eigenvalue weighted by Gasteiger charge is 2.28. The Morgan fingerprint density at radius 2 is 2.21 bits per heavy atom. The van der Waals surface area contributed by atoms with Gasteiger partial charge in [0.15, 0.2) is 0 Å². The lowest BCUT2D eigenvalue weighted by Gasteiger charge is -2.27. The van der Waals surface area contributed by atoms with Crippen LogP contribution in [-0.2, 0) is 19.5 Å². The van der Waals surface area contributed by atoms with Crippen LogP contribution in [0.25, 0.3) is 10.9 Å². The number of hydrogen-bond donors (Lipinski definition) is 1. The van der Waals surface area contributed by atoms with E-state index in [0.29, 0.717) is 5.92 Å². The summed E-state index contributed by atoms with van der Waals surface area (Å²) in [6.07, 6.45) is 7.45. The number of rotatable bonds is 3. The second kappa shape index (κ2) is 5.38. The first-order chi connectivity index (χ1) is 11.8. The second-order valence-electron chi connectivity index (χ2n) is 6.94. The van der Waals surface area contributed by atoms with Crippen LogP contribution in [0.1, 0.15) is 41.4 Å². The molecule has 1 fully saturated rings. The molecule has 0 bridgehead atoms. The molecule has 122 valence electrons. The standard InChI is InChI=1S/C19H19FN4/c20-15-3-4-18-16(7-15)13(8-21-18)10-24-6-5-17-14(11-24)9-22-19(23-17)12-1-2-12/h3-4,7-9,12,21H,1-2,5-6,10-11H2. The van der Waals surface area contributed by atoms with Crippen molar-refractivity contribution in [2.75, 3.05) is 6.54 Å². The monoisotopic (exact) mass is 322 g/mol. The van der Waals surface area contributed by atoms with Gasteiger partial charge in [0.1, 0.15) is 11.6 Å². The van der Waals surface area contributed by atoms with Crippen molar-refractivity contribution in [1.82, 2.24) is 19.9 Å². The molecule has 1 aromatic carbocycles. The number of nitrogens with one attached hydrogen (secondary N) is 1. The van der Waals surface area contributed by atoms with Crippen LogP contribution < -0.4 is 0 Å². The van der Waals surface area contributed by atoms with Gasteiger partial charge in [-0.1, -0.05) is 0 Å². The largest absolute Gasteiger partial charge is 0.361 e. The van der Waals surface area contributed by atoms with Gasteiger partial charge in [-0.2, -0.15) is 0 Å². The molecule has 5 heteroatoms. The van der Waals surface area contributed by atoms with Crippen LogP contribution >= 0.6 is 0 Å². The Morgan fingerprint density at radius 3 is 3.08 bits per heavy atom. The third kappa shape index (κ3) is 2.49. The maximum absolute atomic E-state index is 13.5. The Bertz CT molecular complexity index is 913. The average molecular weight is 322 g/mol. The maximum atomic E-state index is 13.5. The van der Waals surface area contributed by atoms with E-state index in [1.807, 2.05) is 12.4 Å². The number of halogens is 1. The number of hydrogen-bond acceptors (Lipinski definition) is 3. The highest BCUT2D eigenvalue weighted by atomic mass is 19.1. The fourth-order valence-electron chi connectivity index (χ4n) is 3.59. The van der Waals surface area contributed by atoms with Gasteiger partial charge in [0.25, 0.3) is 0 Å². The highest BCUT2D eigenvalue weighted by Crippen LogP contribution is 2.38. The van der Waals surface area contributed by atoms with Gasteiger partial charge >= 0.3 is 0 Å². The topological polar surface area (TPSA) is 44.8 Å². The molecule has 2 aromatic heterocycles. The van der Waals surface area contributed by atoms with Crippen LogP contribution in [0.5, 0.6) is 0 Å². The Balaban J connectivity index is 1.37. The summed E-state index contributed by atoms with van der Waals surface area (Å²) in [5, 5.41) is 0.973. The molecule has 0 spiro atoms. The minimum atomic E-state index is -0.187. The second-order valence-corrected chi connectivity index (χ2v) is 6.94. The summed E-state index contributed by atoms with van der Waals surface area (Å²) in [4.78, 5) is 14.9. The highest BCUT2D eigenvalue weighted by molar-refractivity contribution is 5.83.